The second kappa shape index (κ2) is 5.71. The molecular formula is C11H13ClF3NO. The number of hydrogen-bond donors (Lipinski definition) is 1. The van der Waals surface area contributed by atoms with Gasteiger partial charge in [-0.1, -0.05) is 18.2 Å². The van der Waals surface area contributed by atoms with Crippen molar-refractivity contribution in [3.05, 3.63) is 35.4 Å². The standard InChI is InChI=1S/C11H12F3NO.ClH/c12-11(13,14)9-3-1-2-8(6-9)7-10-15-4-5-16-10;/h1-3,6,10,15H,4-5,7H2;1H. The van der Waals surface area contributed by atoms with Gasteiger partial charge in [0.25, 0.3) is 0 Å². The molecule has 2 rings (SSSR count). The second-order valence-corrected chi connectivity index (χ2v) is 3.72. The van der Waals surface area contributed by atoms with Crippen LogP contribution in [0.5, 0.6) is 0 Å². The van der Waals surface area contributed by atoms with Crippen molar-refractivity contribution in [3.8, 4) is 0 Å². The van der Waals surface area contributed by atoms with Crippen LogP contribution in [0, 0.1) is 0 Å². The molecule has 1 heterocycles. The van der Waals surface area contributed by atoms with E-state index in [9.17, 15) is 13.2 Å². The van der Waals surface area contributed by atoms with Crippen LogP contribution in [0.3, 0.4) is 0 Å². The Morgan fingerprint density at radius 3 is 2.71 bits per heavy atom. The molecule has 1 aromatic rings. The predicted molar refractivity (Wildman–Crippen MR) is 60.1 cm³/mol. The van der Waals surface area contributed by atoms with Crippen molar-refractivity contribution in [2.24, 2.45) is 0 Å². The summed E-state index contributed by atoms with van der Waals surface area (Å²) >= 11 is 0. The van der Waals surface area contributed by atoms with Crippen molar-refractivity contribution in [2.75, 3.05) is 13.2 Å². The Hall–Kier alpha value is -0.780. The fraction of sp³-hybridized carbons (Fsp3) is 0.455. The molecule has 2 nitrogen and oxygen atoms in total. The second-order valence-electron chi connectivity index (χ2n) is 3.72. The Morgan fingerprint density at radius 1 is 1.35 bits per heavy atom. The molecule has 0 radical (unpaired) electrons. The summed E-state index contributed by atoms with van der Waals surface area (Å²) in [5.74, 6) is 0. The van der Waals surface area contributed by atoms with E-state index in [1.807, 2.05) is 0 Å². The van der Waals surface area contributed by atoms with E-state index in [1.54, 1.807) is 6.07 Å². The van der Waals surface area contributed by atoms with E-state index in [0.29, 0.717) is 18.6 Å². The third kappa shape index (κ3) is 3.87. The first-order chi connectivity index (χ1) is 7.55. The first-order valence-corrected chi connectivity index (χ1v) is 5.07. The summed E-state index contributed by atoms with van der Waals surface area (Å²) in [5.41, 5.74) is 0.0252. The smallest absolute Gasteiger partial charge is 0.362 e. The highest BCUT2D eigenvalue weighted by Gasteiger charge is 2.30. The third-order valence-corrected chi connectivity index (χ3v) is 2.47. The van der Waals surface area contributed by atoms with Gasteiger partial charge >= 0.3 is 6.18 Å². The van der Waals surface area contributed by atoms with Gasteiger partial charge in [0, 0.05) is 13.0 Å². The number of ether oxygens (including phenoxy) is 1. The summed E-state index contributed by atoms with van der Waals surface area (Å²) in [7, 11) is 0. The van der Waals surface area contributed by atoms with Crippen LogP contribution in [-0.2, 0) is 17.3 Å². The van der Waals surface area contributed by atoms with Crippen LogP contribution in [-0.4, -0.2) is 19.4 Å². The minimum absolute atomic E-state index is 0. The SMILES string of the molecule is Cl.FC(F)(F)c1cccc(CC2NCCO2)c1. The average molecular weight is 268 g/mol. The zero-order valence-electron chi connectivity index (χ0n) is 8.96. The first-order valence-electron chi connectivity index (χ1n) is 5.07. The van der Waals surface area contributed by atoms with Gasteiger partial charge in [-0.25, -0.2) is 0 Å². The molecule has 96 valence electrons. The lowest BCUT2D eigenvalue weighted by molar-refractivity contribution is -0.137. The molecule has 1 aromatic carbocycles. The minimum atomic E-state index is -4.28. The molecule has 1 aliphatic heterocycles. The van der Waals surface area contributed by atoms with E-state index in [2.05, 4.69) is 5.32 Å². The highest BCUT2D eigenvalue weighted by molar-refractivity contribution is 5.85. The fourth-order valence-corrected chi connectivity index (χ4v) is 1.70. The molecule has 1 atom stereocenters. The molecule has 1 unspecified atom stereocenters. The lowest BCUT2D eigenvalue weighted by Crippen LogP contribution is -2.25. The number of alkyl halides is 3. The van der Waals surface area contributed by atoms with Crippen LogP contribution in [0.2, 0.25) is 0 Å². The van der Waals surface area contributed by atoms with Crippen LogP contribution in [0.25, 0.3) is 0 Å². The summed E-state index contributed by atoms with van der Waals surface area (Å²) in [5, 5.41) is 3.06. The molecule has 1 fully saturated rings. The van der Waals surface area contributed by atoms with Gasteiger partial charge in [-0.2, -0.15) is 13.2 Å². The number of hydrogen-bond acceptors (Lipinski definition) is 2. The fourth-order valence-electron chi connectivity index (χ4n) is 1.70. The molecule has 0 bridgehead atoms. The van der Waals surface area contributed by atoms with E-state index in [-0.39, 0.29) is 18.6 Å². The lowest BCUT2D eigenvalue weighted by atomic mass is 10.1. The molecular weight excluding hydrogens is 255 g/mol. The Labute approximate surface area is 104 Å². The quantitative estimate of drug-likeness (QED) is 0.889. The Kier molecular flexibility index (Phi) is 4.80. The maximum Gasteiger partial charge on any atom is 0.416 e. The van der Waals surface area contributed by atoms with Crippen LogP contribution < -0.4 is 5.32 Å². The van der Waals surface area contributed by atoms with Crippen molar-refractivity contribution in [2.45, 2.75) is 18.8 Å². The van der Waals surface area contributed by atoms with Gasteiger partial charge in [0.15, 0.2) is 0 Å². The molecule has 17 heavy (non-hydrogen) atoms. The van der Waals surface area contributed by atoms with E-state index >= 15 is 0 Å². The van der Waals surface area contributed by atoms with E-state index in [4.69, 9.17) is 4.74 Å². The van der Waals surface area contributed by atoms with Gasteiger partial charge in [0.05, 0.1) is 12.2 Å². The van der Waals surface area contributed by atoms with Gasteiger partial charge in [0.1, 0.15) is 6.23 Å². The monoisotopic (exact) mass is 267 g/mol. The Balaban J connectivity index is 0.00000144. The van der Waals surface area contributed by atoms with E-state index in [0.717, 1.165) is 12.6 Å². The number of halogens is 4. The first kappa shape index (κ1) is 14.3. The zero-order chi connectivity index (χ0) is 11.6. The summed E-state index contributed by atoms with van der Waals surface area (Å²) < 4.78 is 42.6. The zero-order valence-corrected chi connectivity index (χ0v) is 9.77. The van der Waals surface area contributed by atoms with Gasteiger partial charge in [-0.05, 0) is 11.6 Å². The van der Waals surface area contributed by atoms with Gasteiger partial charge in [-0.15, -0.1) is 12.4 Å². The number of nitrogens with one attached hydrogen (secondary N) is 1. The van der Waals surface area contributed by atoms with Crippen molar-refractivity contribution in [1.82, 2.24) is 5.32 Å². The minimum Gasteiger partial charge on any atom is -0.362 e. The third-order valence-electron chi connectivity index (χ3n) is 2.47. The van der Waals surface area contributed by atoms with Crippen LogP contribution in [0.15, 0.2) is 24.3 Å². The molecule has 1 aliphatic rings. The van der Waals surface area contributed by atoms with Crippen LogP contribution in [0.1, 0.15) is 11.1 Å². The predicted octanol–water partition coefficient (Wildman–Crippen LogP) is 2.62. The molecule has 0 aliphatic carbocycles. The normalized spacial score (nSPS) is 20.1. The van der Waals surface area contributed by atoms with Gasteiger partial charge in [0.2, 0.25) is 0 Å². The van der Waals surface area contributed by atoms with Gasteiger partial charge < -0.3 is 4.74 Å². The summed E-state index contributed by atoms with van der Waals surface area (Å²) in [6.07, 6.45) is -3.98. The van der Waals surface area contributed by atoms with Crippen molar-refractivity contribution < 1.29 is 17.9 Å². The molecule has 0 aromatic heterocycles. The largest absolute Gasteiger partial charge is 0.416 e. The topological polar surface area (TPSA) is 21.3 Å². The van der Waals surface area contributed by atoms with Crippen LogP contribution >= 0.6 is 12.4 Å². The van der Waals surface area contributed by atoms with Crippen molar-refractivity contribution in [3.63, 3.8) is 0 Å². The molecule has 1 N–H and O–H groups in total. The summed E-state index contributed by atoms with van der Waals surface area (Å²) in [4.78, 5) is 0. The maximum atomic E-state index is 12.4. The van der Waals surface area contributed by atoms with Gasteiger partial charge in [-0.3, -0.25) is 5.32 Å². The Bertz CT molecular complexity index is 364. The average Bonchev–Trinajstić information content (AvgIpc) is 2.70. The Morgan fingerprint density at radius 2 is 2.12 bits per heavy atom. The highest BCUT2D eigenvalue weighted by Crippen LogP contribution is 2.29. The number of rotatable bonds is 2. The molecule has 0 spiro atoms. The van der Waals surface area contributed by atoms with E-state index < -0.39 is 11.7 Å². The van der Waals surface area contributed by atoms with Crippen LogP contribution in [0.4, 0.5) is 13.2 Å². The van der Waals surface area contributed by atoms with Crippen molar-refractivity contribution >= 4 is 12.4 Å². The summed E-state index contributed by atoms with van der Waals surface area (Å²) in [6, 6.07) is 5.35. The molecule has 0 amide bonds. The summed E-state index contributed by atoms with van der Waals surface area (Å²) in [6.45, 7) is 1.37. The van der Waals surface area contributed by atoms with E-state index in [1.165, 1.54) is 12.1 Å². The molecule has 6 heteroatoms. The number of benzene rings is 1. The highest BCUT2D eigenvalue weighted by atomic mass is 35.5. The lowest BCUT2D eigenvalue weighted by Gasteiger charge is -2.12. The molecule has 0 saturated carbocycles. The van der Waals surface area contributed by atoms with Crippen molar-refractivity contribution in [1.29, 1.82) is 0 Å². The maximum absolute atomic E-state index is 12.4. The molecule has 1 saturated heterocycles.